The average Bonchev–Trinajstić information content (AvgIpc) is 2.58. The molecule has 0 radical (unpaired) electrons. The Labute approximate surface area is 99.5 Å². The SMILES string of the molecule is O=C1CC(NC(=O)NC2CCCCC2)C(=O)N1. The van der Waals surface area contributed by atoms with Gasteiger partial charge in [-0.05, 0) is 12.8 Å². The second-order valence-corrected chi connectivity index (χ2v) is 4.62. The van der Waals surface area contributed by atoms with Gasteiger partial charge in [-0.25, -0.2) is 4.79 Å². The Morgan fingerprint density at radius 1 is 1.12 bits per heavy atom. The van der Waals surface area contributed by atoms with Crippen LogP contribution in [0.25, 0.3) is 0 Å². The first kappa shape index (κ1) is 11.9. The van der Waals surface area contributed by atoms with E-state index in [-0.39, 0.29) is 24.4 Å². The predicted molar refractivity (Wildman–Crippen MR) is 60.1 cm³/mol. The maximum atomic E-state index is 11.6. The van der Waals surface area contributed by atoms with Crippen LogP contribution in [0.15, 0.2) is 0 Å². The van der Waals surface area contributed by atoms with E-state index in [0.29, 0.717) is 0 Å². The van der Waals surface area contributed by atoms with Crippen LogP contribution in [-0.2, 0) is 9.59 Å². The van der Waals surface area contributed by atoms with Gasteiger partial charge in [0.05, 0.1) is 6.42 Å². The molecule has 0 aromatic heterocycles. The third-order valence-corrected chi connectivity index (χ3v) is 3.21. The van der Waals surface area contributed by atoms with Gasteiger partial charge in [0.25, 0.3) is 0 Å². The van der Waals surface area contributed by atoms with E-state index < -0.39 is 11.9 Å². The molecule has 0 aromatic rings. The summed E-state index contributed by atoms with van der Waals surface area (Å²) in [6.07, 6.45) is 5.50. The third-order valence-electron chi connectivity index (χ3n) is 3.21. The number of carbonyl (C=O) groups excluding carboxylic acids is 3. The number of amides is 4. The molecule has 1 atom stereocenters. The Kier molecular flexibility index (Phi) is 3.61. The van der Waals surface area contributed by atoms with Crippen molar-refractivity contribution in [2.75, 3.05) is 0 Å². The van der Waals surface area contributed by atoms with Crippen molar-refractivity contribution in [3.05, 3.63) is 0 Å². The fourth-order valence-electron chi connectivity index (χ4n) is 2.30. The molecule has 3 N–H and O–H groups in total. The minimum absolute atomic E-state index is 0.0386. The quantitative estimate of drug-likeness (QED) is 0.594. The van der Waals surface area contributed by atoms with Gasteiger partial charge in [0.15, 0.2) is 0 Å². The molecular weight excluding hydrogens is 222 g/mol. The summed E-state index contributed by atoms with van der Waals surface area (Å²) >= 11 is 0. The second-order valence-electron chi connectivity index (χ2n) is 4.62. The molecular formula is C11H17N3O3. The van der Waals surface area contributed by atoms with Gasteiger partial charge in [-0.1, -0.05) is 19.3 Å². The van der Waals surface area contributed by atoms with E-state index in [2.05, 4.69) is 16.0 Å². The molecule has 1 aliphatic heterocycles. The van der Waals surface area contributed by atoms with Crippen LogP contribution in [0.5, 0.6) is 0 Å². The van der Waals surface area contributed by atoms with Gasteiger partial charge in [0.1, 0.15) is 6.04 Å². The normalized spacial score (nSPS) is 25.5. The van der Waals surface area contributed by atoms with Crippen molar-refractivity contribution in [2.24, 2.45) is 0 Å². The molecule has 1 saturated heterocycles. The maximum absolute atomic E-state index is 11.6. The molecule has 0 spiro atoms. The summed E-state index contributed by atoms with van der Waals surface area (Å²) in [5.74, 6) is -0.758. The first-order valence-corrected chi connectivity index (χ1v) is 6.06. The Bertz CT molecular complexity index is 337. The van der Waals surface area contributed by atoms with Gasteiger partial charge in [0.2, 0.25) is 11.8 Å². The summed E-state index contributed by atoms with van der Waals surface area (Å²) in [5.41, 5.74) is 0. The molecule has 1 saturated carbocycles. The first-order chi connectivity index (χ1) is 8.15. The summed E-state index contributed by atoms with van der Waals surface area (Å²) in [5, 5.41) is 7.52. The summed E-state index contributed by atoms with van der Waals surface area (Å²) in [6, 6.07) is -0.873. The highest BCUT2D eigenvalue weighted by molar-refractivity contribution is 6.06. The lowest BCUT2D eigenvalue weighted by atomic mass is 9.96. The monoisotopic (exact) mass is 239 g/mol. The van der Waals surface area contributed by atoms with Crippen LogP contribution in [0.2, 0.25) is 0 Å². The van der Waals surface area contributed by atoms with Crippen molar-refractivity contribution < 1.29 is 14.4 Å². The smallest absolute Gasteiger partial charge is 0.315 e. The Morgan fingerprint density at radius 2 is 1.82 bits per heavy atom. The Balaban J connectivity index is 1.76. The van der Waals surface area contributed by atoms with E-state index in [1.807, 2.05) is 0 Å². The van der Waals surface area contributed by atoms with Crippen molar-refractivity contribution in [3.8, 4) is 0 Å². The minimum atomic E-state index is -0.717. The number of hydrogen-bond donors (Lipinski definition) is 3. The van der Waals surface area contributed by atoms with E-state index >= 15 is 0 Å². The summed E-state index contributed by atoms with van der Waals surface area (Å²) in [6.45, 7) is 0. The first-order valence-electron chi connectivity index (χ1n) is 6.06. The van der Waals surface area contributed by atoms with Gasteiger partial charge in [0, 0.05) is 6.04 Å². The number of rotatable bonds is 2. The molecule has 2 aliphatic rings. The van der Waals surface area contributed by atoms with Crippen molar-refractivity contribution in [1.82, 2.24) is 16.0 Å². The summed E-state index contributed by atoms with van der Waals surface area (Å²) < 4.78 is 0. The zero-order valence-corrected chi connectivity index (χ0v) is 9.62. The number of hydrogen-bond acceptors (Lipinski definition) is 3. The predicted octanol–water partition coefficient (Wildman–Crippen LogP) is 0.0334. The van der Waals surface area contributed by atoms with E-state index in [4.69, 9.17) is 0 Å². The minimum Gasteiger partial charge on any atom is -0.335 e. The van der Waals surface area contributed by atoms with Crippen LogP contribution in [0.4, 0.5) is 4.79 Å². The van der Waals surface area contributed by atoms with Crippen LogP contribution < -0.4 is 16.0 Å². The van der Waals surface area contributed by atoms with Crippen LogP contribution in [0, 0.1) is 0 Å². The second kappa shape index (κ2) is 5.16. The highest BCUT2D eigenvalue weighted by Gasteiger charge is 2.32. The molecule has 94 valence electrons. The Morgan fingerprint density at radius 3 is 2.41 bits per heavy atom. The number of carbonyl (C=O) groups is 3. The van der Waals surface area contributed by atoms with Gasteiger partial charge in [-0.15, -0.1) is 0 Å². The molecule has 0 bridgehead atoms. The largest absolute Gasteiger partial charge is 0.335 e. The highest BCUT2D eigenvalue weighted by Crippen LogP contribution is 2.17. The molecule has 4 amide bonds. The van der Waals surface area contributed by atoms with E-state index in [1.54, 1.807) is 0 Å². The number of imide groups is 1. The van der Waals surface area contributed by atoms with Crippen molar-refractivity contribution in [3.63, 3.8) is 0 Å². The van der Waals surface area contributed by atoms with E-state index in [9.17, 15) is 14.4 Å². The topological polar surface area (TPSA) is 87.3 Å². The van der Waals surface area contributed by atoms with E-state index in [0.717, 1.165) is 25.7 Å². The van der Waals surface area contributed by atoms with Crippen LogP contribution in [0.3, 0.4) is 0 Å². The molecule has 6 heteroatoms. The molecule has 1 aliphatic carbocycles. The van der Waals surface area contributed by atoms with Crippen LogP contribution in [-0.4, -0.2) is 29.9 Å². The standard InChI is InChI=1S/C11H17N3O3/c15-9-6-8(10(16)14-9)13-11(17)12-7-4-2-1-3-5-7/h7-8H,1-6H2,(H2,12,13,17)(H,14,15,16). The lowest BCUT2D eigenvalue weighted by Crippen LogP contribution is -2.48. The Hall–Kier alpha value is -1.59. The molecule has 6 nitrogen and oxygen atoms in total. The fraction of sp³-hybridized carbons (Fsp3) is 0.727. The number of nitrogens with one attached hydrogen (secondary N) is 3. The highest BCUT2D eigenvalue weighted by atomic mass is 16.2. The van der Waals surface area contributed by atoms with Crippen molar-refractivity contribution in [2.45, 2.75) is 50.6 Å². The zero-order valence-electron chi connectivity index (χ0n) is 9.62. The molecule has 2 rings (SSSR count). The molecule has 2 fully saturated rings. The van der Waals surface area contributed by atoms with Gasteiger partial charge < -0.3 is 10.6 Å². The third kappa shape index (κ3) is 3.18. The van der Waals surface area contributed by atoms with Gasteiger partial charge in [-0.3, -0.25) is 14.9 Å². The molecule has 1 unspecified atom stereocenters. The lowest BCUT2D eigenvalue weighted by Gasteiger charge is -2.23. The van der Waals surface area contributed by atoms with Gasteiger partial charge in [-0.2, -0.15) is 0 Å². The molecule has 17 heavy (non-hydrogen) atoms. The van der Waals surface area contributed by atoms with Gasteiger partial charge >= 0.3 is 6.03 Å². The van der Waals surface area contributed by atoms with Crippen molar-refractivity contribution >= 4 is 17.8 Å². The van der Waals surface area contributed by atoms with Crippen LogP contribution in [0.1, 0.15) is 38.5 Å². The zero-order chi connectivity index (χ0) is 12.3. The lowest BCUT2D eigenvalue weighted by molar-refractivity contribution is -0.125. The molecule has 0 aromatic carbocycles. The van der Waals surface area contributed by atoms with E-state index in [1.165, 1.54) is 6.42 Å². The average molecular weight is 239 g/mol. The number of urea groups is 1. The maximum Gasteiger partial charge on any atom is 0.315 e. The van der Waals surface area contributed by atoms with Crippen molar-refractivity contribution in [1.29, 1.82) is 0 Å². The summed E-state index contributed by atoms with van der Waals surface area (Å²) in [7, 11) is 0. The fourth-order valence-corrected chi connectivity index (χ4v) is 2.30. The summed E-state index contributed by atoms with van der Waals surface area (Å²) in [4.78, 5) is 33.8. The molecule has 1 heterocycles. The van der Waals surface area contributed by atoms with Crippen LogP contribution >= 0.6 is 0 Å².